The van der Waals surface area contributed by atoms with E-state index < -0.39 is 48.3 Å². The molecular formula is C53H97N9O10. The minimum atomic E-state index is -0.901. The number of likely N-dealkylation sites (N-methyl/N-ethyl adjacent to an activating group) is 2. The summed E-state index contributed by atoms with van der Waals surface area (Å²) in [5.41, 5.74) is 0.868. The Kier molecular flexibility index (Phi) is 30.5. The van der Waals surface area contributed by atoms with E-state index in [0.717, 1.165) is 31.5 Å². The van der Waals surface area contributed by atoms with Crippen molar-refractivity contribution < 1.29 is 47.7 Å². The lowest BCUT2D eigenvalue weighted by atomic mass is 9.89. The third-order valence-electron chi connectivity index (χ3n) is 14.2. The molecule has 72 heavy (non-hydrogen) atoms. The van der Waals surface area contributed by atoms with Crippen molar-refractivity contribution in [1.82, 2.24) is 46.6 Å². The molecule has 9 atom stereocenters. The summed E-state index contributed by atoms with van der Waals surface area (Å²) in [6.07, 6.45) is 8.71. The number of nitrogens with one attached hydrogen (secondary N) is 6. The number of urea groups is 1. The molecule has 2 aliphatic heterocycles. The molecule has 7 amide bonds. The number of likely N-dealkylation sites (tertiary alicyclic amines) is 1. The van der Waals surface area contributed by atoms with Crippen LogP contribution in [0.4, 0.5) is 4.79 Å². The SMILES string of the molecule is C/C=C\C(=C/C)C[C@H](NC(=O)[C@H](C)[C@@H](OC)[C@@H]1CCCN1C(=O)C[C@@H](OC)[C@H]([C@@H](C)CC)N(C)C(=O)[C@@H](NC(=O)[C@H](C(C)C)N(C)C)C(C)C)C(=O)NCCOCCOCCNC(=O)NCC1CCNCC1. The molecule has 2 saturated heterocycles. The number of methoxy groups -OCH3 is 2. The van der Waals surface area contributed by atoms with Gasteiger partial charge >= 0.3 is 6.03 Å². The van der Waals surface area contributed by atoms with Crippen LogP contribution in [-0.2, 0) is 42.9 Å². The van der Waals surface area contributed by atoms with Crippen LogP contribution in [0, 0.1) is 29.6 Å². The molecular weight excluding hydrogens is 923 g/mol. The molecule has 6 N–H and O–H groups in total. The zero-order chi connectivity index (χ0) is 53.9. The van der Waals surface area contributed by atoms with Crippen molar-refractivity contribution in [2.75, 3.05) is 101 Å². The second kappa shape index (κ2) is 34.4. The highest BCUT2D eigenvalue weighted by Crippen LogP contribution is 2.30. The van der Waals surface area contributed by atoms with E-state index >= 15 is 0 Å². The van der Waals surface area contributed by atoms with Gasteiger partial charge in [0, 0.05) is 53.9 Å². The minimum absolute atomic E-state index is 0.0159. The number of hydrogen-bond donors (Lipinski definition) is 6. The van der Waals surface area contributed by atoms with Crippen LogP contribution < -0.4 is 31.9 Å². The zero-order valence-corrected chi connectivity index (χ0v) is 46.6. The molecule has 2 aliphatic rings. The van der Waals surface area contributed by atoms with Crippen LogP contribution in [0.2, 0.25) is 0 Å². The van der Waals surface area contributed by atoms with Crippen molar-refractivity contribution in [2.24, 2.45) is 29.6 Å². The molecule has 0 radical (unpaired) electrons. The van der Waals surface area contributed by atoms with Gasteiger partial charge in [-0.05, 0) is 90.4 Å². The summed E-state index contributed by atoms with van der Waals surface area (Å²) in [5, 5.41) is 18.0. The highest BCUT2D eigenvalue weighted by atomic mass is 16.5. The average Bonchev–Trinajstić information content (AvgIpc) is 3.84. The molecule has 0 spiro atoms. The summed E-state index contributed by atoms with van der Waals surface area (Å²) in [6.45, 7) is 22.2. The number of allylic oxidation sites excluding steroid dienone is 3. The van der Waals surface area contributed by atoms with Crippen molar-refractivity contribution in [1.29, 1.82) is 0 Å². The fraction of sp³-hybridized carbons (Fsp3) is 0.811. The lowest BCUT2D eigenvalue weighted by molar-refractivity contribution is -0.148. The number of ether oxygens (including phenoxy) is 4. The smallest absolute Gasteiger partial charge is 0.314 e. The monoisotopic (exact) mass is 1020 g/mol. The summed E-state index contributed by atoms with van der Waals surface area (Å²) < 4.78 is 23.4. The maximum atomic E-state index is 14.5. The Morgan fingerprint density at radius 2 is 1.40 bits per heavy atom. The van der Waals surface area contributed by atoms with Crippen molar-refractivity contribution >= 4 is 35.6 Å². The average molecular weight is 1020 g/mol. The van der Waals surface area contributed by atoms with Crippen molar-refractivity contribution in [3.05, 3.63) is 23.8 Å². The van der Waals surface area contributed by atoms with Crippen LogP contribution in [0.15, 0.2) is 23.8 Å². The molecule has 2 fully saturated rings. The maximum Gasteiger partial charge on any atom is 0.314 e. The van der Waals surface area contributed by atoms with E-state index in [1.165, 1.54) is 7.11 Å². The molecule has 19 nitrogen and oxygen atoms in total. The van der Waals surface area contributed by atoms with Gasteiger partial charge in [-0.15, -0.1) is 0 Å². The van der Waals surface area contributed by atoms with Crippen LogP contribution >= 0.6 is 0 Å². The van der Waals surface area contributed by atoms with Gasteiger partial charge in [-0.2, -0.15) is 0 Å². The Labute approximate surface area is 432 Å². The van der Waals surface area contributed by atoms with Crippen LogP contribution in [0.25, 0.3) is 0 Å². The molecule has 0 unspecified atom stereocenters. The predicted octanol–water partition coefficient (Wildman–Crippen LogP) is 3.48. The van der Waals surface area contributed by atoms with Crippen LogP contribution in [0.3, 0.4) is 0 Å². The molecule has 2 rings (SSSR count). The summed E-state index contributed by atoms with van der Waals surface area (Å²) in [5.74, 6) is -1.88. The van der Waals surface area contributed by atoms with Gasteiger partial charge in [0.1, 0.15) is 12.1 Å². The standard InChI is InChI=1S/C53H97N9O10/c1-15-19-39(17-3)32-41(50(65)55-25-28-71-30-31-72-29-26-56-53(68)57-34-40-21-23-54-24-22-40)58-49(64)38(9)48(70-14)42-20-18-27-62(42)44(63)33-43(69-13)47(37(8)16-2)61(12)52(67)45(35(4)5)59-51(66)46(36(6)7)60(10)11/h15,17,19,35-38,40-43,45-48,54H,16,18,20-34H2,1-14H3,(H,55,65)(H,58,64)(H,59,66)(H2,56,57,68)/b19-15-,39-17+/t37-,38+,41-,42-,43+,45-,46-,47-,48+/m0/s1. The van der Waals surface area contributed by atoms with E-state index in [9.17, 15) is 28.8 Å². The fourth-order valence-corrected chi connectivity index (χ4v) is 9.97. The first kappa shape index (κ1) is 64.0. The topological polar surface area (TPSA) is 221 Å². The predicted molar refractivity (Wildman–Crippen MR) is 282 cm³/mol. The number of carbonyl (C=O) groups excluding carboxylic acids is 6. The number of hydrogen-bond acceptors (Lipinski definition) is 12. The summed E-state index contributed by atoms with van der Waals surface area (Å²) in [7, 11) is 8.51. The minimum Gasteiger partial charge on any atom is -0.379 e. The van der Waals surface area contributed by atoms with Crippen LogP contribution in [0.1, 0.15) is 107 Å². The largest absolute Gasteiger partial charge is 0.379 e. The van der Waals surface area contributed by atoms with E-state index in [1.807, 2.05) is 92.6 Å². The molecule has 2 heterocycles. The summed E-state index contributed by atoms with van der Waals surface area (Å²) in [4.78, 5) is 87.6. The zero-order valence-electron chi connectivity index (χ0n) is 46.6. The Morgan fingerprint density at radius 3 is 1.94 bits per heavy atom. The molecule has 0 aromatic rings. The van der Waals surface area contributed by atoms with Crippen molar-refractivity contribution in [3.8, 4) is 0 Å². The van der Waals surface area contributed by atoms with Crippen molar-refractivity contribution in [3.63, 3.8) is 0 Å². The highest BCUT2D eigenvalue weighted by molar-refractivity contribution is 5.91. The molecule has 0 saturated carbocycles. The normalized spacial score (nSPS) is 19.1. The Bertz CT molecular complexity index is 1700. The molecule has 0 aromatic heterocycles. The fourth-order valence-electron chi connectivity index (χ4n) is 9.97. The number of amides is 7. The number of nitrogens with zero attached hydrogens (tertiary/aromatic N) is 3. The Balaban J connectivity index is 2.07. The first-order valence-corrected chi connectivity index (χ1v) is 26.6. The first-order valence-electron chi connectivity index (χ1n) is 26.6. The number of carbonyl (C=O) groups is 6. The summed E-state index contributed by atoms with van der Waals surface area (Å²) in [6, 6.07) is -3.23. The number of rotatable bonds is 33. The Morgan fingerprint density at radius 1 is 0.764 bits per heavy atom. The van der Waals surface area contributed by atoms with Gasteiger partial charge in [0.05, 0.1) is 69.1 Å². The lowest BCUT2D eigenvalue weighted by Crippen LogP contribution is -2.59. The molecule has 0 bridgehead atoms. The maximum absolute atomic E-state index is 14.5. The quantitative estimate of drug-likeness (QED) is 0.0411. The van der Waals surface area contributed by atoms with Crippen LogP contribution in [0.5, 0.6) is 0 Å². The van der Waals surface area contributed by atoms with Gasteiger partial charge in [-0.25, -0.2) is 4.79 Å². The second-order valence-electron chi connectivity index (χ2n) is 20.4. The van der Waals surface area contributed by atoms with Gasteiger partial charge < -0.3 is 60.6 Å². The molecule has 414 valence electrons. The van der Waals surface area contributed by atoms with Crippen molar-refractivity contribution in [2.45, 2.75) is 150 Å². The molecule has 19 heteroatoms. The van der Waals surface area contributed by atoms with E-state index in [-0.39, 0.29) is 79.3 Å². The van der Waals surface area contributed by atoms with Crippen LogP contribution in [-0.4, -0.2) is 194 Å². The van der Waals surface area contributed by atoms with E-state index in [2.05, 4.69) is 31.9 Å². The van der Waals surface area contributed by atoms with E-state index in [1.54, 1.807) is 30.9 Å². The highest BCUT2D eigenvalue weighted by Gasteiger charge is 2.43. The van der Waals surface area contributed by atoms with E-state index in [0.29, 0.717) is 64.6 Å². The van der Waals surface area contributed by atoms with Gasteiger partial charge in [0.15, 0.2) is 0 Å². The first-order chi connectivity index (χ1) is 34.3. The third-order valence-corrected chi connectivity index (χ3v) is 14.2. The third kappa shape index (κ3) is 21.0. The number of piperidine rings is 1. The van der Waals surface area contributed by atoms with Gasteiger partial charge in [-0.1, -0.05) is 78.7 Å². The van der Waals surface area contributed by atoms with E-state index in [4.69, 9.17) is 18.9 Å². The molecule has 0 aromatic carbocycles. The van der Waals surface area contributed by atoms with Gasteiger partial charge in [0.2, 0.25) is 29.5 Å². The summed E-state index contributed by atoms with van der Waals surface area (Å²) >= 11 is 0. The Hall–Kier alpha value is -4.14. The lowest BCUT2D eigenvalue weighted by Gasteiger charge is -2.41. The molecule has 0 aliphatic carbocycles. The van der Waals surface area contributed by atoms with Gasteiger partial charge in [0.25, 0.3) is 0 Å². The second-order valence-corrected chi connectivity index (χ2v) is 20.4. The van der Waals surface area contributed by atoms with Gasteiger partial charge in [-0.3, -0.25) is 28.9 Å².